The monoisotopic (exact) mass is 110 g/mol. The van der Waals surface area contributed by atoms with Crippen molar-refractivity contribution in [1.82, 2.24) is 0 Å². The Hall–Kier alpha value is -0.260. The van der Waals surface area contributed by atoms with Crippen LogP contribution in [-0.4, -0.2) is 0 Å². The molecule has 0 saturated heterocycles. The molecular formula is C8H14. The van der Waals surface area contributed by atoms with E-state index in [0.29, 0.717) is 0 Å². The van der Waals surface area contributed by atoms with Crippen molar-refractivity contribution < 1.29 is 0 Å². The molecule has 1 rings (SSSR count). The van der Waals surface area contributed by atoms with E-state index in [4.69, 9.17) is 0 Å². The van der Waals surface area contributed by atoms with Crippen LogP contribution in [-0.2, 0) is 0 Å². The molecule has 0 amide bonds. The van der Waals surface area contributed by atoms with Gasteiger partial charge in [0, 0.05) is 0 Å². The quantitative estimate of drug-likeness (QED) is 0.455. The summed E-state index contributed by atoms with van der Waals surface area (Å²) in [6.07, 6.45) is 2.74. The Bertz CT molecular complexity index is 116. The zero-order chi connectivity index (χ0) is 6.15. The Morgan fingerprint density at radius 2 is 2.25 bits per heavy atom. The minimum atomic E-state index is 0.972. The highest BCUT2D eigenvalue weighted by Gasteiger charge is 2.27. The second kappa shape index (κ2) is 1.93. The minimum Gasteiger partial charge on any atom is -0.0769 e. The predicted octanol–water partition coefficient (Wildman–Crippen LogP) is 2.75. The number of hydrogen-bond acceptors (Lipinski definition) is 0. The fraction of sp³-hybridized carbons (Fsp3) is 0.750. The summed E-state index contributed by atoms with van der Waals surface area (Å²) in [6, 6.07) is 0. The van der Waals surface area contributed by atoms with Crippen molar-refractivity contribution >= 4 is 0 Å². The van der Waals surface area contributed by atoms with E-state index in [0.717, 1.165) is 5.92 Å². The Morgan fingerprint density at radius 3 is 2.38 bits per heavy atom. The highest BCUT2D eigenvalue weighted by atomic mass is 14.3. The van der Waals surface area contributed by atoms with E-state index in [1.54, 1.807) is 11.1 Å². The summed E-state index contributed by atoms with van der Waals surface area (Å²) in [7, 11) is 0. The summed E-state index contributed by atoms with van der Waals surface area (Å²) in [6.45, 7) is 6.69. The van der Waals surface area contributed by atoms with E-state index < -0.39 is 0 Å². The molecule has 0 nitrogen and oxygen atoms in total. The highest BCUT2D eigenvalue weighted by Crippen LogP contribution is 2.42. The van der Waals surface area contributed by atoms with E-state index in [2.05, 4.69) is 20.8 Å². The van der Waals surface area contributed by atoms with E-state index >= 15 is 0 Å². The second-order valence-corrected chi connectivity index (χ2v) is 2.83. The van der Waals surface area contributed by atoms with E-state index in [-0.39, 0.29) is 0 Å². The van der Waals surface area contributed by atoms with Gasteiger partial charge in [0.25, 0.3) is 0 Å². The van der Waals surface area contributed by atoms with Crippen LogP contribution >= 0.6 is 0 Å². The zero-order valence-corrected chi connectivity index (χ0v) is 5.99. The van der Waals surface area contributed by atoms with Crippen LogP contribution in [0.4, 0.5) is 0 Å². The maximum absolute atomic E-state index is 2.26. The summed E-state index contributed by atoms with van der Waals surface area (Å²) in [5.41, 5.74) is 3.27. The van der Waals surface area contributed by atoms with Crippen LogP contribution in [0.1, 0.15) is 33.6 Å². The maximum atomic E-state index is 2.26. The summed E-state index contributed by atoms with van der Waals surface area (Å²) in [4.78, 5) is 0. The van der Waals surface area contributed by atoms with Crippen molar-refractivity contribution in [2.45, 2.75) is 33.6 Å². The molecule has 1 unspecified atom stereocenters. The first-order valence-corrected chi connectivity index (χ1v) is 3.42. The summed E-state index contributed by atoms with van der Waals surface area (Å²) >= 11 is 0. The molecule has 0 heterocycles. The van der Waals surface area contributed by atoms with Crippen molar-refractivity contribution in [3.05, 3.63) is 11.1 Å². The number of rotatable bonds is 1. The van der Waals surface area contributed by atoms with Crippen LogP contribution in [0.5, 0.6) is 0 Å². The third-order valence-electron chi connectivity index (χ3n) is 1.93. The molecule has 46 valence electrons. The average Bonchev–Trinajstić information content (AvgIpc) is 2.42. The van der Waals surface area contributed by atoms with Crippen molar-refractivity contribution in [2.24, 2.45) is 5.92 Å². The van der Waals surface area contributed by atoms with Gasteiger partial charge in [-0.1, -0.05) is 18.1 Å². The first kappa shape index (κ1) is 5.87. The summed E-state index contributed by atoms with van der Waals surface area (Å²) < 4.78 is 0. The van der Waals surface area contributed by atoms with Crippen molar-refractivity contribution in [1.29, 1.82) is 0 Å². The Morgan fingerprint density at radius 1 is 1.62 bits per heavy atom. The second-order valence-electron chi connectivity index (χ2n) is 2.83. The van der Waals surface area contributed by atoms with Gasteiger partial charge in [-0.3, -0.25) is 0 Å². The van der Waals surface area contributed by atoms with E-state index in [1.165, 1.54) is 12.8 Å². The van der Waals surface area contributed by atoms with E-state index in [1.807, 2.05) is 0 Å². The standard InChI is InChI=1S/C8H14/c1-4-7-5-8(7)6(2)3/h7H,4-5H2,1-3H3. The molecule has 0 spiro atoms. The van der Waals surface area contributed by atoms with Gasteiger partial charge in [-0.05, 0) is 32.6 Å². The Kier molecular flexibility index (Phi) is 1.41. The van der Waals surface area contributed by atoms with Crippen LogP contribution in [0.2, 0.25) is 0 Å². The van der Waals surface area contributed by atoms with Crippen LogP contribution in [0, 0.1) is 5.92 Å². The molecule has 1 aliphatic carbocycles. The van der Waals surface area contributed by atoms with Gasteiger partial charge in [-0.2, -0.15) is 0 Å². The van der Waals surface area contributed by atoms with Crippen molar-refractivity contribution in [3.63, 3.8) is 0 Å². The molecule has 1 aliphatic rings. The molecule has 0 bridgehead atoms. The molecule has 1 saturated carbocycles. The van der Waals surface area contributed by atoms with E-state index in [9.17, 15) is 0 Å². The highest BCUT2D eigenvalue weighted by molar-refractivity contribution is 5.27. The fourth-order valence-corrected chi connectivity index (χ4v) is 1.21. The van der Waals surface area contributed by atoms with Crippen LogP contribution in [0.3, 0.4) is 0 Å². The zero-order valence-electron chi connectivity index (χ0n) is 5.99. The van der Waals surface area contributed by atoms with Gasteiger partial charge in [0.1, 0.15) is 0 Å². The van der Waals surface area contributed by atoms with Gasteiger partial charge in [0.05, 0.1) is 0 Å². The largest absolute Gasteiger partial charge is 0.0769 e. The normalized spacial score (nSPS) is 25.9. The molecule has 0 heteroatoms. The summed E-state index contributed by atoms with van der Waals surface area (Å²) in [5.74, 6) is 0.972. The Balaban J connectivity index is 2.47. The van der Waals surface area contributed by atoms with Crippen LogP contribution < -0.4 is 0 Å². The first-order chi connectivity index (χ1) is 3.75. The lowest BCUT2D eigenvalue weighted by atomic mass is 10.2. The molecule has 0 N–H and O–H groups in total. The molecule has 1 atom stereocenters. The van der Waals surface area contributed by atoms with Crippen molar-refractivity contribution in [2.75, 3.05) is 0 Å². The van der Waals surface area contributed by atoms with Gasteiger partial charge in [0.2, 0.25) is 0 Å². The van der Waals surface area contributed by atoms with Gasteiger partial charge in [-0.15, -0.1) is 0 Å². The lowest BCUT2D eigenvalue weighted by molar-refractivity contribution is 0.824. The smallest absolute Gasteiger partial charge is 0.0166 e. The van der Waals surface area contributed by atoms with Gasteiger partial charge in [-0.25, -0.2) is 0 Å². The first-order valence-electron chi connectivity index (χ1n) is 3.42. The predicted molar refractivity (Wildman–Crippen MR) is 36.8 cm³/mol. The molecule has 8 heavy (non-hydrogen) atoms. The van der Waals surface area contributed by atoms with Crippen molar-refractivity contribution in [3.8, 4) is 0 Å². The molecule has 0 aliphatic heterocycles. The molecular weight excluding hydrogens is 96.1 g/mol. The third kappa shape index (κ3) is 0.936. The Labute approximate surface area is 51.6 Å². The summed E-state index contributed by atoms with van der Waals surface area (Å²) in [5, 5.41) is 0. The van der Waals surface area contributed by atoms with Gasteiger partial charge >= 0.3 is 0 Å². The molecule has 1 fully saturated rings. The molecule has 0 radical (unpaired) electrons. The van der Waals surface area contributed by atoms with Gasteiger partial charge < -0.3 is 0 Å². The number of allylic oxidation sites excluding steroid dienone is 2. The van der Waals surface area contributed by atoms with Gasteiger partial charge in [0.15, 0.2) is 0 Å². The lowest BCUT2D eigenvalue weighted by Crippen LogP contribution is -1.67. The molecule has 0 aromatic rings. The van der Waals surface area contributed by atoms with Crippen LogP contribution in [0.25, 0.3) is 0 Å². The maximum Gasteiger partial charge on any atom is -0.0166 e. The fourth-order valence-electron chi connectivity index (χ4n) is 1.21. The van der Waals surface area contributed by atoms with Crippen LogP contribution in [0.15, 0.2) is 11.1 Å². The minimum absolute atomic E-state index is 0.972. The SMILES string of the molecule is CCC1CC1=C(C)C. The number of hydrogen-bond donors (Lipinski definition) is 0. The molecule has 0 aromatic heterocycles. The third-order valence-corrected chi connectivity index (χ3v) is 1.93. The molecule has 0 aromatic carbocycles. The topological polar surface area (TPSA) is 0 Å². The average molecular weight is 110 g/mol. The lowest BCUT2D eigenvalue weighted by Gasteiger charge is -1.84.